The predicted octanol–water partition coefficient (Wildman–Crippen LogP) is 3.77. The maximum Gasteiger partial charge on any atom is 0.233 e. The molecule has 0 aliphatic carbocycles. The van der Waals surface area contributed by atoms with Crippen molar-refractivity contribution in [3.8, 4) is 0 Å². The van der Waals surface area contributed by atoms with Crippen LogP contribution < -0.4 is 0 Å². The van der Waals surface area contributed by atoms with E-state index in [1.54, 1.807) is 30.4 Å². The second kappa shape index (κ2) is 7.01. The van der Waals surface area contributed by atoms with Crippen molar-refractivity contribution in [3.05, 3.63) is 48.7 Å². The Bertz CT molecular complexity index is 600. The molecule has 4 nitrogen and oxygen atoms in total. The van der Waals surface area contributed by atoms with Gasteiger partial charge < -0.3 is 9.32 Å². The molecule has 2 aromatic rings. The van der Waals surface area contributed by atoms with Crippen LogP contribution in [0.15, 0.2) is 52.2 Å². The van der Waals surface area contributed by atoms with Crippen LogP contribution in [-0.2, 0) is 4.79 Å². The zero-order chi connectivity index (χ0) is 15.4. The SMILES string of the molecule is C[C@@H]1CCN(C(=O)CSc2ccncc2)[C@H](c2ccco2)C1. The van der Waals surface area contributed by atoms with Gasteiger partial charge in [0.25, 0.3) is 0 Å². The Kier molecular flexibility index (Phi) is 4.83. The fraction of sp³-hybridized carbons (Fsp3) is 0.412. The highest BCUT2D eigenvalue weighted by Gasteiger charge is 2.32. The van der Waals surface area contributed by atoms with E-state index >= 15 is 0 Å². The van der Waals surface area contributed by atoms with E-state index in [-0.39, 0.29) is 11.9 Å². The van der Waals surface area contributed by atoms with Gasteiger partial charge in [-0.25, -0.2) is 0 Å². The van der Waals surface area contributed by atoms with Crippen molar-refractivity contribution in [3.63, 3.8) is 0 Å². The number of nitrogens with zero attached hydrogens (tertiary/aromatic N) is 2. The lowest BCUT2D eigenvalue weighted by Gasteiger charge is -2.37. The molecule has 116 valence electrons. The largest absolute Gasteiger partial charge is 0.467 e. The van der Waals surface area contributed by atoms with E-state index in [2.05, 4.69) is 11.9 Å². The van der Waals surface area contributed by atoms with Gasteiger partial charge in [-0.15, -0.1) is 11.8 Å². The van der Waals surface area contributed by atoms with Crippen LogP contribution in [0.1, 0.15) is 31.6 Å². The third kappa shape index (κ3) is 3.53. The number of hydrogen-bond donors (Lipinski definition) is 0. The molecule has 0 N–H and O–H groups in total. The summed E-state index contributed by atoms with van der Waals surface area (Å²) in [6.45, 7) is 3.05. The molecule has 3 heterocycles. The molecule has 0 unspecified atom stereocenters. The van der Waals surface area contributed by atoms with Crippen LogP contribution in [0.5, 0.6) is 0 Å². The Morgan fingerprint density at radius 3 is 2.95 bits per heavy atom. The normalized spacial score (nSPS) is 21.8. The van der Waals surface area contributed by atoms with Crippen LogP contribution in [0.25, 0.3) is 0 Å². The van der Waals surface area contributed by atoms with Crippen molar-refractivity contribution in [2.75, 3.05) is 12.3 Å². The summed E-state index contributed by atoms with van der Waals surface area (Å²) in [7, 11) is 0. The van der Waals surface area contributed by atoms with Crippen molar-refractivity contribution in [2.24, 2.45) is 5.92 Å². The lowest BCUT2D eigenvalue weighted by atomic mass is 9.91. The number of likely N-dealkylation sites (tertiary alicyclic amines) is 1. The van der Waals surface area contributed by atoms with Crippen LogP contribution in [0.4, 0.5) is 0 Å². The zero-order valence-corrected chi connectivity index (χ0v) is 13.5. The summed E-state index contributed by atoms with van der Waals surface area (Å²) in [5.74, 6) is 2.14. The Hall–Kier alpha value is -1.75. The van der Waals surface area contributed by atoms with Gasteiger partial charge >= 0.3 is 0 Å². The molecule has 0 radical (unpaired) electrons. The first-order chi connectivity index (χ1) is 10.7. The number of aromatic nitrogens is 1. The van der Waals surface area contributed by atoms with Crippen LogP contribution in [0.2, 0.25) is 0 Å². The molecule has 0 bridgehead atoms. The molecular formula is C17H20N2O2S. The Morgan fingerprint density at radius 2 is 2.23 bits per heavy atom. The summed E-state index contributed by atoms with van der Waals surface area (Å²) in [6, 6.07) is 7.80. The monoisotopic (exact) mass is 316 g/mol. The molecule has 5 heteroatoms. The average Bonchev–Trinajstić information content (AvgIpc) is 3.08. The third-order valence-corrected chi connectivity index (χ3v) is 5.07. The first kappa shape index (κ1) is 15.2. The minimum absolute atomic E-state index is 0.0734. The van der Waals surface area contributed by atoms with Crippen molar-refractivity contribution in [2.45, 2.75) is 30.7 Å². The number of rotatable bonds is 4. The van der Waals surface area contributed by atoms with Crippen molar-refractivity contribution < 1.29 is 9.21 Å². The predicted molar refractivity (Wildman–Crippen MR) is 86.5 cm³/mol. The Labute approximate surface area is 134 Å². The molecule has 2 atom stereocenters. The molecule has 0 spiro atoms. The second-order valence-electron chi connectivity index (χ2n) is 5.72. The van der Waals surface area contributed by atoms with Crippen LogP contribution in [0, 0.1) is 5.92 Å². The van der Waals surface area contributed by atoms with Gasteiger partial charge in [-0.05, 0) is 43.0 Å². The molecule has 22 heavy (non-hydrogen) atoms. The molecule has 0 aromatic carbocycles. The Morgan fingerprint density at radius 1 is 1.41 bits per heavy atom. The number of hydrogen-bond acceptors (Lipinski definition) is 4. The summed E-state index contributed by atoms with van der Waals surface area (Å²) in [4.78, 5) is 19.7. The van der Waals surface area contributed by atoms with Crippen molar-refractivity contribution in [1.29, 1.82) is 0 Å². The molecular weight excluding hydrogens is 296 g/mol. The van der Waals surface area contributed by atoms with E-state index in [1.807, 2.05) is 29.2 Å². The number of amides is 1. The van der Waals surface area contributed by atoms with Gasteiger partial charge in [0.05, 0.1) is 18.1 Å². The molecule has 2 aromatic heterocycles. The molecule has 1 aliphatic rings. The molecule has 1 aliphatic heterocycles. The average molecular weight is 316 g/mol. The van der Waals surface area contributed by atoms with E-state index in [0.29, 0.717) is 11.7 Å². The highest BCUT2D eigenvalue weighted by Crippen LogP contribution is 2.35. The standard InChI is InChI=1S/C17H20N2O2S/c1-13-6-9-19(15(11-13)16-3-2-10-21-16)17(20)12-22-14-4-7-18-8-5-14/h2-5,7-8,10,13,15H,6,9,11-12H2,1H3/t13-,15+/m1/s1. The van der Waals surface area contributed by atoms with Gasteiger partial charge in [-0.1, -0.05) is 6.92 Å². The Balaban J connectivity index is 1.67. The first-order valence-corrected chi connectivity index (χ1v) is 8.58. The summed E-state index contributed by atoms with van der Waals surface area (Å²) >= 11 is 1.56. The van der Waals surface area contributed by atoms with Gasteiger partial charge in [-0.2, -0.15) is 0 Å². The van der Waals surface area contributed by atoms with Gasteiger partial charge in [-0.3, -0.25) is 9.78 Å². The minimum Gasteiger partial charge on any atom is -0.467 e. The van der Waals surface area contributed by atoms with Crippen LogP contribution in [-0.4, -0.2) is 28.1 Å². The number of furan rings is 1. The topological polar surface area (TPSA) is 46.3 Å². The third-order valence-electron chi connectivity index (χ3n) is 4.07. The smallest absolute Gasteiger partial charge is 0.233 e. The van der Waals surface area contributed by atoms with Crippen molar-refractivity contribution in [1.82, 2.24) is 9.88 Å². The number of pyridine rings is 1. The molecule has 3 rings (SSSR count). The molecule has 1 fully saturated rings. The zero-order valence-electron chi connectivity index (χ0n) is 12.6. The number of carbonyl (C=O) groups is 1. The summed E-state index contributed by atoms with van der Waals surface area (Å²) in [5, 5.41) is 0. The number of thioether (sulfide) groups is 1. The van der Waals surface area contributed by atoms with Crippen molar-refractivity contribution >= 4 is 17.7 Å². The van der Waals surface area contributed by atoms with Gasteiger partial charge in [0.1, 0.15) is 5.76 Å². The lowest BCUT2D eigenvalue weighted by molar-refractivity contribution is -0.133. The van der Waals surface area contributed by atoms with Gasteiger partial charge in [0, 0.05) is 23.8 Å². The van der Waals surface area contributed by atoms with Gasteiger partial charge in [0.15, 0.2) is 0 Å². The minimum atomic E-state index is 0.0734. The number of piperidine rings is 1. The van der Waals surface area contributed by atoms with E-state index in [9.17, 15) is 4.79 Å². The molecule has 1 amide bonds. The quantitative estimate of drug-likeness (QED) is 0.806. The van der Waals surface area contributed by atoms with Gasteiger partial charge in [0.2, 0.25) is 5.91 Å². The fourth-order valence-corrected chi connectivity index (χ4v) is 3.62. The number of carbonyl (C=O) groups excluding carboxylic acids is 1. The second-order valence-corrected chi connectivity index (χ2v) is 6.77. The van der Waals surface area contributed by atoms with Crippen LogP contribution >= 0.6 is 11.8 Å². The highest BCUT2D eigenvalue weighted by atomic mass is 32.2. The molecule has 0 saturated carbocycles. The molecule has 1 saturated heterocycles. The maximum atomic E-state index is 12.6. The van der Waals surface area contributed by atoms with E-state index in [1.165, 1.54) is 0 Å². The summed E-state index contributed by atoms with van der Waals surface area (Å²) < 4.78 is 5.56. The van der Waals surface area contributed by atoms with E-state index in [4.69, 9.17) is 4.42 Å². The lowest BCUT2D eigenvalue weighted by Crippen LogP contribution is -2.41. The first-order valence-electron chi connectivity index (χ1n) is 7.59. The van der Waals surface area contributed by atoms with E-state index < -0.39 is 0 Å². The summed E-state index contributed by atoms with van der Waals surface area (Å²) in [6.07, 6.45) is 7.22. The fourth-order valence-electron chi connectivity index (χ4n) is 2.85. The van der Waals surface area contributed by atoms with Crippen LogP contribution in [0.3, 0.4) is 0 Å². The summed E-state index contributed by atoms with van der Waals surface area (Å²) in [5.41, 5.74) is 0. The highest BCUT2D eigenvalue weighted by molar-refractivity contribution is 8.00. The van der Waals surface area contributed by atoms with E-state index in [0.717, 1.165) is 30.0 Å². The maximum absolute atomic E-state index is 12.6.